The summed E-state index contributed by atoms with van der Waals surface area (Å²) in [6.45, 7) is 7.94. The number of esters is 1. The molecule has 162 valence electrons. The Labute approximate surface area is 176 Å². The number of piperazine rings is 1. The van der Waals surface area contributed by atoms with Crippen LogP contribution in [0.4, 0.5) is 0 Å². The number of carbonyl (C=O) groups excluding carboxylic acids is 2. The van der Waals surface area contributed by atoms with Gasteiger partial charge in [0.2, 0.25) is 10.0 Å². The van der Waals surface area contributed by atoms with Crippen LogP contribution in [0.2, 0.25) is 0 Å². The van der Waals surface area contributed by atoms with E-state index in [2.05, 4.69) is 4.98 Å². The van der Waals surface area contributed by atoms with Gasteiger partial charge in [0.25, 0.3) is 5.91 Å². The lowest BCUT2D eigenvalue weighted by molar-refractivity contribution is 0.0376. The van der Waals surface area contributed by atoms with E-state index in [-0.39, 0.29) is 43.1 Å². The summed E-state index contributed by atoms with van der Waals surface area (Å²) >= 11 is 0. The van der Waals surface area contributed by atoms with E-state index in [9.17, 15) is 18.0 Å². The standard InChI is InChI=1S/C21H27N3O5S/c1-14(2)29-21(26)18-15(3)19(22-16(18)4)20(25)23-10-12-24(13-11-23)30(27,28)17-8-6-5-7-9-17/h5-9,14,22H,10-13H2,1-4H3. The maximum Gasteiger partial charge on any atom is 0.340 e. The maximum atomic E-state index is 13.0. The van der Waals surface area contributed by atoms with Gasteiger partial charge in [-0.25, -0.2) is 13.2 Å². The molecule has 3 rings (SSSR count). The minimum Gasteiger partial charge on any atom is -0.459 e. The molecule has 0 bridgehead atoms. The lowest BCUT2D eigenvalue weighted by Gasteiger charge is -2.34. The van der Waals surface area contributed by atoms with E-state index < -0.39 is 16.0 Å². The van der Waals surface area contributed by atoms with E-state index in [1.807, 2.05) is 0 Å². The highest BCUT2D eigenvalue weighted by Crippen LogP contribution is 2.23. The molecule has 0 atom stereocenters. The fourth-order valence-electron chi connectivity index (χ4n) is 3.57. The molecule has 8 nitrogen and oxygen atoms in total. The van der Waals surface area contributed by atoms with Crippen molar-refractivity contribution in [3.05, 3.63) is 52.8 Å². The third-order valence-corrected chi connectivity index (χ3v) is 7.02. The molecule has 0 unspecified atom stereocenters. The van der Waals surface area contributed by atoms with Crippen LogP contribution in [0.25, 0.3) is 0 Å². The second-order valence-electron chi connectivity index (χ2n) is 7.59. The Morgan fingerprint density at radius 3 is 2.20 bits per heavy atom. The average molecular weight is 434 g/mol. The van der Waals surface area contributed by atoms with E-state index in [1.165, 1.54) is 4.31 Å². The monoisotopic (exact) mass is 433 g/mol. The number of rotatable bonds is 5. The van der Waals surface area contributed by atoms with Crippen molar-refractivity contribution in [3.63, 3.8) is 0 Å². The van der Waals surface area contributed by atoms with E-state index in [4.69, 9.17) is 4.74 Å². The van der Waals surface area contributed by atoms with Crippen molar-refractivity contribution < 1.29 is 22.7 Å². The number of H-pyrrole nitrogens is 1. The number of hydrogen-bond acceptors (Lipinski definition) is 5. The zero-order valence-electron chi connectivity index (χ0n) is 17.6. The van der Waals surface area contributed by atoms with E-state index in [1.54, 1.807) is 62.9 Å². The molecular weight excluding hydrogens is 406 g/mol. The second kappa shape index (κ2) is 8.61. The molecule has 0 spiro atoms. The van der Waals surface area contributed by atoms with Crippen molar-refractivity contribution in [2.45, 2.75) is 38.7 Å². The quantitative estimate of drug-likeness (QED) is 0.730. The van der Waals surface area contributed by atoms with Crippen molar-refractivity contribution in [1.29, 1.82) is 0 Å². The Morgan fingerprint density at radius 1 is 1.03 bits per heavy atom. The molecule has 2 aromatic rings. The van der Waals surface area contributed by atoms with Gasteiger partial charge in [-0.2, -0.15) is 4.31 Å². The van der Waals surface area contributed by atoms with E-state index in [0.29, 0.717) is 22.5 Å². The Hall–Kier alpha value is -2.65. The molecule has 1 aromatic carbocycles. The van der Waals surface area contributed by atoms with Crippen LogP contribution in [0.15, 0.2) is 35.2 Å². The Kier molecular flexibility index (Phi) is 6.33. The van der Waals surface area contributed by atoms with Crippen LogP contribution in [-0.2, 0) is 14.8 Å². The molecule has 9 heteroatoms. The number of nitrogens with one attached hydrogen (secondary N) is 1. The van der Waals surface area contributed by atoms with Crippen LogP contribution in [0.1, 0.15) is 46.0 Å². The van der Waals surface area contributed by atoms with Gasteiger partial charge in [-0.3, -0.25) is 4.79 Å². The Bertz CT molecular complexity index is 1040. The number of aromatic amines is 1. The number of sulfonamides is 1. The Morgan fingerprint density at radius 2 is 1.63 bits per heavy atom. The molecule has 1 aromatic heterocycles. The number of amides is 1. The maximum absolute atomic E-state index is 13.0. The molecule has 0 saturated carbocycles. The van der Waals surface area contributed by atoms with Gasteiger partial charge in [0.05, 0.1) is 16.6 Å². The van der Waals surface area contributed by atoms with Crippen LogP contribution in [0.3, 0.4) is 0 Å². The molecule has 1 saturated heterocycles. The minimum absolute atomic E-state index is 0.212. The number of nitrogens with zero attached hydrogens (tertiary/aromatic N) is 2. The molecule has 1 amide bonds. The third kappa shape index (κ3) is 4.27. The SMILES string of the molecule is Cc1[nH]c(C(=O)N2CCN(S(=O)(=O)c3ccccc3)CC2)c(C)c1C(=O)OC(C)C. The molecule has 0 aliphatic carbocycles. The minimum atomic E-state index is -3.58. The lowest BCUT2D eigenvalue weighted by Crippen LogP contribution is -2.50. The van der Waals surface area contributed by atoms with Crippen molar-refractivity contribution >= 4 is 21.9 Å². The smallest absolute Gasteiger partial charge is 0.340 e. The molecule has 1 fully saturated rings. The van der Waals surface area contributed by atoms with Crippen LogP contribution < -0.4 is 0 Å². The van der Waals surface area contributed by atoms with Gasteiger partial charge >= 0.3 is 5.97 Å². The summed E-state index contributed by atoms with van der Waals surface area (Å²) in [5.74, 6) is -0.718. The van der Waals surface area contributed by atoms with Gasteiger partial charge in [-0.05, 0) is 45.4 Å². The fourth-order valence-corrected chi connectivity index (χ4v) is 5.02. The summed E-state index contributed by atoms with van der Waals surface area (Å²) in [6, 6.07) is 8.27. The zero-order chi connectivity index (χ0) is 22.1. The second-order valence-corrected chi connectivity index (χ2v) is 9.53. The zero-order valence-corrected chi connectivity index (χ0v) is 18.5. The van der Waals surface area contributed by atoms with Gasteiger partial charge < -0.3 is 14.6 Å². The van der Waals surface area contributed by atoms with Crippen molar-refractivity contribution in [2.75, 3.05) is 26.2 Å². The van der Waals surface area contributed by atoms with Gasteiger partial charge in [-0.1, -0.05) is 18.2 Å². The molecule has 0 radical (unpaired) electrons. The first-order valence-corrected chi connectivity index (χ1v) is 11.3. The van der Waals surface area contributed by atoms with Crippen molar-refractivity contribution in [2.24, 2.45) is 0 Å². The molecular formula is C21H27N3O5S. The largest absolute Gasteiger partial charge is 0.459 e. The third-order valence-electron chi connectivity index (χ3n) is 5.11. The number of hydrogen-bond donors (Lipinski definition) is 1. The van der Waals surface area contributed by atoms with Crippen LogP contribution >= 0.6 is 0 Å². The topological polar surface area (TPSA) is 99.8 Å². The predicted molar refractivity (Wildman–Crippen MR) is 112 cm³/mol. The first kappa shape index (κ1) is 22.0. The number of benzene rings is 1. The summed E-state index contributed by atoms with van der Waals surface area (Å²) in [6.07, 6.45) is -0.259. The van der Waals surface area contributed by atoms with Gasteiger partial charge in [0, 0.05) is 31.9 Å². The molecule has 1 aliphatic heterocycles. The van der Waals surface area contributed by atoms with Crippen molar-refractivity contribution in [1.82, 2.24) is 14.2 Å². The molecule has 2 heterocycles. The lowest BCUT2D eigenvalue weighted by atomic mass is 10.1. The number of aromatic nitrogens is 1. The van der Waals surface area contributed by atoms with Crippen molar-refractivity contribution in [3.8, 4) is 0 Å². The normalized spacial score (nSPS) is 15.4. The van der Waals surface area contributed by atoms with Gasteiger partial charge in [0.15, 0.2) is 0 Å². The van der Waals surface area contributed by atoms with E-state index >= 15 is 0 Å². The predicted octanol–water partition coefficient (Wildman–Crippen LogP) is 2.34. The summed E-state index contributed by atoms with van der Waals surface area (Å²) in [5.41, 5.74) is 1.83. The highest BCUT2D eigenvalue weighted by Gasteiger charge is 2.32. The number of aryl methyl sites for hydroxylation is 1. The average Bonchev–Trinajstić information content (AvgIpc) is 3.01. The summed E-state index contributed by atoms with van der Waals surface area (Å²) in [7, 11) is -3.58. The molecule has 1 N–H and O–H groups in total. The molecule has 30 heavy (non-hydrogen) atoms. The van der Waals surface area contributed by atoms with Gasteiger partial charge in [-0.15, -0.1) is 0 Å². The van der Waals surface area contributed by atoms with Gasteiger partial charge in [0.1, 0.15) is 5.69 Å². The van der Waals surface area contributed by atoms with E-state index in [0.717, 1.165) is 0 Å². The van der Waals surface area contributed by atoms with Crippen LogP contribution in [0, 0.1) is 13.8 Å². The summed E-state index contributed by atoms with van der Waals surface area (Å²) in [5, 5.41) is 0. The summed E-state index contributed by atoms with van der Waals surface area (Å²) in [4.78, 5) is 30.2. The molecule has 1 aliphatic rings. The van der Waals surface area contributed by atoms with Crippen LogP contribution in [-0.4, -0.2) is 66.8 Å². The fraction of sp³-hybridized carbons (Fsp3) is 0.429. The Balaban J connectivity index is 1.73. The first-order valence-electron chi connectivity index (χ1n) is 9.87. The number of ether oxygens (including phenoxy) is 1. The first-order chi connectivity index (χ1) is 14.1. The van der Waals surface area contributed by atoms with Crippen LogP contribution in [0.5, 0.6) is 0 Å². The highest BCUT2D eigenvalue weighted by molar-refractivity contribution is 7.89. The summed E-state index contributed by atoms with van der Waals surface area (Å²) < 4.78 is 32.2. The highest BCUT2D eigenvalue weighted by atomic mass is 32.2. The number of carbonyl (C=O) groups is 2.